The maximum Gasteiger partial charge on any atom is 0.166 e. The molecule has 0 spiro atoms. The Bertz CT molecular complexity index is 312. The number of hydrogen-bond acceptors (Lipinski definition) is 3. The molecule has 0 aromatic rings. The second-order valence-corrected chi connectivity index (χ2v) is 6.20. The van der Waals surface area contributed by atoms with Crippen molar-refractivity contribution in [3.63, 3.8) is 0 Å². The molecular formula is C7H14N2O2S2. The first kappa shape index (κ1) is 10.7. The molecule has 1 fully saturated rings. The van der Waals surface area contributed by atoms with Crippen molar-refractivity contribution in [1.29, 1.82) is 0 Å². The van der Waals surface area contributed by atoms with Gasteiger partial charge in [0.1, 0.15) is 0 Å². The van der Waals surface area contributed by atoms with Gasteiger partial charge in [0.15, 0.2) is 14.9 Å². The summed E-state index contributed by atoms with van der Waals surface area (Å²) < 4.78 is 22.4. The van der Waals surface area contributed by atoms with Crippen molar-refractivity contribution in [2.75, 3.05) is 18.6 Å². The van der Waals surface area contributed by atoms with E-state index in [2.05, 4.69) is 10.6 Å². The Labute approximate surface area is 84.0 Å². The van der Waals surface area contributed by atoms with Crippen molar-refractivity contribution in [2.24, 2.45) is 0 Å². The molecule has 1 heterocycles. The van der Waals surface area contributed by atoms with Crippen molar-refractivity contribution in [1.82, 2.24) is 10.6 Å². The summed E-state index contributed by atoms with van der Waals surface area (Å²) in [6.45, 7) is 1.88. The summed E-state index contributed by atoms with van der Waals surface area (Å²) in [5, 5.41) is 6.27. The second-order valence-electron chi connectivity index (χ2n) is 3.61. The molecular weight excluding hydrogens is 208 g/mol. The van der Waals surface area contributed by atoms with Gasteiger partial charge in [-0.3, -0.25) is 0 Å². The standard InChI is InChI=1S/C7H14N2O2S2/c1-7(9-6(12)8-2)3-4-13(10,11)5-7/h3-5H2,1-2H3,(H2,8,9,12)/t7-/m0/s1. The number of sulfone groups is 1. The van der Waals surface area contributed by atoms with Crippen molar-refractivity contribution >= 4 is 27.2 Å². The molecule has 0 bridgehead atoms. The summed E-state index contributed by atoms with van der Waals surface area (Å²) in [6, 6.07) is 0. The highest BCUT2D eigenvalue weighted by Gasteiger charge is 2.38. The molecule has 6 heteroatoms. The van der Waals surface area contributed by atoms with Gasteiger partial charge < -0.3 is 10.6 Å². The number of rotatable bonds is 1. The Morgan fingerprint density at radius 1 is 1.54 bits per heavy atom. The lowest BCUT2D eigenvalue weighted by Crippen LogP contribution is -2.50. The lowest BCUT2D eigenvalue weighted by molar-refractivity contribution is 0.470. The number of hydrogen-bond donors (Lipinski definition) is 2. The molecule has 1 aliphatic rings. The minimum Gasteiger partial charge on any atom is -0.366 e. The van der Waals surface area contributed by atoms with Gasteiger partial charge in [0.25, 0.3) is 0 Å². The van der Waals surface area contributed by atoms with Crippen molar-refractivity contribution in [3.8, 4) is 0 Å². The molecule has 0 aromatic heterocycles. The van der Waals surface area contributed by atoms with E-state index in [0.29, 0.717) is 11.5 Å². The van der Waals surface area contributed by atoms with E-state index in [9.17, 15) is 8.42 Å². The lowest BCUT2D eigenvalue weighted by Gasteiger charge is -2.25. The van der Waals surface area contributed by atoms with E-state index in [1.807, 2.05) is 6.92 Å². The molecule has 76 valence electrons. The fourth-order valence-electron chi connectivity index (χ4n) is 1.45. The van der Waals surface area contributed by atoms with E-state index < -0.39 is 9.84 Å². The van der Waals surface area contributed by atoms with Crippen molar-refractivity contribution < 1.29 is 8.42 Å². The van der Waals surface area contributed by atoms with Crippen LogP contribution in [0.3, 0.4) is 0 Å². The van der Waals surface area contributed by atoms with E-state index in [4.69, 9.17) is 12.2 Å². The van der Waals surface area contributed by atoms with Crippen LogP contribution >= 0.6 is 12.2 Å². The SMILES string of the molecule is CNC(=S)N[C@@]1(C)CCS(=O)(=O)C1. The fraction of sp³-hybridized carbons (Fsp3) is 0.857. The van der Waals surface area contributed by atoms with Gasteiger partial charge in [0.2, 0.25) is 0 Å². The van der Waals surface area contributed by atoms with Gasteiger partial charge in [-0.25, -0.2) is 8.42 Å². The first-order valence-corrected chi connectivity index (χ1v) is 6.30. The molecule has 1 rings (SSSR count). The molecule has 1 aliphatic heterocycles. The molecule has 0 amide bonds. The lowest BCUT2D eigenvalue weighted by atomic mass is 10.0. The number of thiocarbonyl (C=S) groups is 1. The van der Waals surface area contributed by atoms with Crippen LogP contribution in [0.4, 0.5) is 0 Å². The van der Waals surface area contributed by atoms with E-state index in [-0.39, 0.29) is 17.0 Å². The average Bonchev–Trinajstić information content (AvgIpc) is 2.25. The maximum atomic E-state index is 11.2. The van der Waals surface area contributed by atoms with Crippen LogP contribution in [0.1, 0.15) is 13.3 Å². The minimum absolute atomic E-state index is 0.168. The monoisotopic (exact) mass is 222 g/mol. The quantitative estimate of drug-likeness (QED) is 0.594. The Morgan fingerprint density at radius 2 is 2.15 bits per heavy atom. The van der Waals surface area contributed by atoms with Crippen LogP contribution in [-0.4, -0.2) is 37.6 Å². The summed E-state index contributed by atoms with van der Waals surface area (Å²) >= 11 is 4.92. The first-order chi connectivity index (χ1) is 5.87. The Balaban J connectivity index is 2.65. The van der Waals surface area contributed by atoms with Gasteiger partial charge in [0, 0.05) is 7.05 Å². The summed E-state index contributed by atoms with van der Waals surface area (Å²) in [6.07, 6.45) is 0.622. The van der Waals surface area contributed by atoms with Crippen LogP contribution in [0.5, 0.6) is 0 Å². The van der Waals surface area contributed by atoms with Crippen LogP contribution in [0.15, 0.2) is 0 Å². The maximum absolute atomic E-state index is 11.2. The van der Waals surface area contributed by atoms with E-state index >= 15 is 0 Å². The smallest absolute Gasteiger partial charge is 0.166 e. The summed E-state index contributed by atoms with van der Waals surface area (Å²) in [5.41, 5.74) is -0.390. The molecule has 0 radical (unpaired) electrons. The largest absolute Gasteiger partial charge is 0.366 e. The fourth-order valence-corrected chi connectivity index (χ4v) is 3.79. The highest BCUT2D eigenvalue weighted by molar-refractivity contribution is 7.91. The third kappa shape index (κ3) is 2.80. The molecule has 1 saturated heterocycles. The summed E-state index contributed by atoms with van der Waals surface area (Å²) in [4.78, 5) is 0. The van der Waals surface area contributed by atoms with Crippen LogP contribution in [0, 0.1) is 0 Å². The van der Waals surface area contributed by atoms with E-state index in [1.165, 1.54) is 0 Å². The van der Waals surface area contributed by atoms with Crippen LogP contribution in [-0.2, 0) is 9.84 Å². The van der Waals surface area contributed by atoms with Gasteiger partial charge >= 0.3 is 0 Å². The molecule has 0 unspecified atom stereocenters. The van der Waals surface area contributed by atoms with E-state index in [0.717, 1.165) is 0 Å². The molecule has 2 N–H and O–H groups in total. The third-order valence-corrected chi connectivity index (χ3v) is 4.35. The Hall–Kier alpha value is -0.360. The van der Waals surface area contributed by atoms with Crippen molar-refractivity contribution in [3.05, 3.63) is 0 Å². The van der Waals surface area contributed by atoms with Gasteiger partial charge in [0.05, 0.1) is 17.0 Å². The molecule has 13 heavy (non-hydrogen) atoms. The van der Waals surface area contributed by atoms with Crippen LogP contribution in [0.2, 0.25) is 0 Å². The van der Waals surface area contributed by atoms with Gasteiger partial charge in [-0.1, -0.05) is 0 Å². The van der Waals surface area contributed by atoms with Gasteiger partial charge in [-0.15, -0.1) is 0 Å². The van der Waals surface area contributed by atoms with E-state index in [1.54, 1.807) is 7.05 Å². The Morgan fingerprint density at radius 3 is 2.54 bits per heavy atom. The third-order valence-electron chi connectivity index (χ3n) is 2.15. The Kier molecular flexibility index (Phi) is 2.82. The molecule has 1 atom stereocenters. The van der Waals surface area contributed by atoms with Gasteiger partial charge in [-0.05, 0) is 25.6 Å². The predicted molar refractivity (Wildman–Crippen MR) is 56.5 cm³/mol. The zero-order valence-corrected chi connectivity index (χ0v) is 9.39. The number of nitrogens with one attached hydrogen (secondary N) is 2. The summed E-state index contributed by atoms with van der Waals surface area (Å²) in [5.74, 6) is 0.421. The van der Waals surface area contributed by atoms with Gasteiger partial charge in [-0.2, -0.15) is 0 Å². The second kappa shape index (κ2) is 3.42. The van der Waals surface area contributed by atoms with Crippen molar-refractivity contribution in [2.45, 2.75) is 18.9 Å². The highest BCUT2D eigenvalue weighted by Crippen LogP contribution is 2.22. The molecule has 4 nitrogen and oxygen atoms in total. The normalized spacial score (nSPS) is 31.2. The highest BCUT2D eigenvalue weighted by atomic mass is 32.2. The first-order valence-electron chi connectivity index (χ1n) is 4.07. The molecule has 0 aliphatic carbocycles. The molecule has 0 aromatic carbocycles. The topological polar surface area (TPSA) is 58.2 Å². The zero-order valence-electron chi connectivity index (χ0n) is 7.75. The summed E-state index contributed by atoms with van der Waals surface area (Å²) in [7, 11) is -1.15. The van der Waals surface area contributed by atoms with Crippen LogP contribution in [0.25, 0.3) is 0 Å². The zero-order chi connectivity index (χ0) is 10.1. The predicted octanol–water partition coefficient (Wildman–Crippen LogP) is -0.342. The molecule has 0 saturated carbocycles. The minimum atomic E-state index is -2.86. The average molecular weight is 222 g/mol. The van der Waals surface area contributed by atoms with Crippen LogP contribution < -0.4 is 10.6 Å².